The minimum Gasteiger partial charge on any atom is -0.469 e. The van der Waals surface area contributed by atoms with E-state index in [9.17, 15) is 4.79 Å². The van der Waals surface area contributed by atoms with Gasteiger partial charge in [-0.15, -0.1) is 0 Å². The molecular weight excluding hydrogens is 276 g/mol. The van der Waals surface area contributed by atoms with Crippen LogP contribution in [0.5, 0.6) is 5.88 Å². The average molecular weight is 292 g/mol. The Bertz CT molecular complexity index is 771. The summed E-state index contributed by atoms with van der Waals surface area (Å²) in [5.74, 6) is 6.24. The summed E-state index contributed by atoms with van der Waals surface area (Å²) in [6.07, 6.45) is 1.63. The van der Waals surface area contributed by atoms with Crippen molar-refractivity contribution in [1.29, 1.82) is 0 Å². The fourth-order valence-electron chi connectivity index (χ4n) is 2.12. The molecule has 1 N–H and O–H groups in total. The highest BCUT2D eigenvalue weighted by atomic mass is 16.5. The third-order valence-corrected chi connectivity index (χ3v) is 3.27. The number of pyridine rings is 1. The van der Waals surface area contributed by atoms with Gasteiger partial charge in [0.2, 0.25) is 5.88 Å². The lowest BCUT2D eigenvalue weighted by Crippen LogP contribution is -2.39. The number of rotatable bonds is 0. The van der Waals surface area contributed by atoms with Gasteiger partial charge in [0, 0.05) is 17.3 Å². The summed E-state index contributed by atoms with van der Waals surface area (Å²) in [7, 11) is 0. The molecule has 1 aliphatic heterocycles. The van der Waals surface area contributed by atoms with Crippen molar-refractivity contribution in [3.63, 3.8) is 0 Å². The molecule has 0 fully saturated rings. The van der Waals surface area contributed by atoms with E-state index in [1.807, 2.05) is 44.2 Å². The first-order valence-corrected chi connectivity index (χ1v) is 7.08. The van der Waals surface area contributed by atoms with Gasteiger partial charge in [-0.3, -0.25) is 4.79 Å². The van der Waals surface area contributed by atoms with Gasteiger partial charge < -0.3 is 10.1 Å². The van der Waals surface area contributed by atoms with Crippen molar-refractivity contribution >= 4 is 5.91 Å². The molecule has 0 atom stereocenters. The molecule has 0 saturated carbocycles. The molecule has 1 aromatic heterocycles. The summed E-state index contributed by atoms with van der Waals surface area (Å²) < 4.78 is 5.79. The fraction of sp³-hybridized carbons (Fsp3) is 0.222. The zero-order valence-electron chi connectivity index (χ0n) is 12.5. The predicted molar refractivity (Wildman–Crippen MR) is 83.7 cm³/mol. The van der Waals surface area contributed by atoms with E-state index in [0.717, 1.165) is 5.56 Å². The molecular formula is C18H16N2O2. The second-order valence-electron chi connectivity index (χ2n) is 5.74. The van der Waals surface area contributed by atoms with Crippen LogP contribution in [0.1, 0.15) is 35.3 Å². The lowest BCUT2D eigenvalue weighted by atomic mass is 10.1. The number of nitrogens with zero attached hydrogens (tertiary/aromatic N) is 1. The maximum absolute atomic E-state index is 12.1. The first kappa shape index (κ1) is 14.2. The van der Waals surface area contributed by atoms with Crippen molar-refractivity contribution < 1.29 is 9.53 Å². The molecule has 0 unspecified atom stereocenters. The maximum atomic E-state index is 12.1. The summed E-state index contributed by atoms with van der Waals surface area (Å²) in [6, 6.07) is 11.4. The van der Waals surface area contributed by atoms with Crippen LogP contribution in [-0.2, 0) is 0 Å². The molecule has 0 bridgehead atoms. The van der Waals surface area contributed by atoms with E-state index in [0.29, 0.717) is 23.6 Å². The van der Waals surface area contributed by atoms with Crippen LogP contribution in [0.15, 0.2) is 42.6 Å². The van der Waals surface area contributed by atoms with Crippen molar-refractivity contribution in [3.05, 3.63) is 59.3 Å². The molecule has 0 saturated heterocycles. The molecule has 3 rings (SSSR count). The molecule has 1 aliphatic rings. The van der Waals surface area contributed by atoms with Crippen LogP contribution in [0, 0.1) is 11.8 Å². The van der Waals surface area contributed by atoms with E-state index >= 15 is 0 Å². The van der Waals surface area contributed by atoms with Crippen LogP contribution < -0.4 is 10.1 Å². The topological polar surface area (TPSA) is 51.2 Å². The summed E-state index contributed by atoms with van der Waals surface area (Å²) in [6.45, 7) is 4.26. The molecule has 22 heavy (non-hydrogen) atoms. The predicted octanol–water partition coefficient (Wildman–Crippen LogP) is 2.38. The molecule has 4 nitrogen and oxygen atoms in total. The van der Waals surface area contributed by atoms with Gasteiger partial charge in [0.1, 0.15) is 11.2 Å². The molecule has 2 heterocycles. The molecule has 1 amide bonds. The number of fused-ring (bicyclic) bond motifs is 1. The molecule has 110 valence electrons. The van der Waals surface area contributed by atoms with Gasteiger partial charge in [-0.2, -0.15) is 0 Å². The van der Waals surface area contributed by atoms with E-state index in [2.05, 4.69) is 22.1 Å². The molecule has 0 aliphatic carbocycles. The van der Waals surface area contributed by atoms with Crippen molar-refractivity contribution in [1.82, 2.24) is 10.3 Å². The number of ether oxygens (including phenoxy) is 1. The van der Waals surface area contributed by atoms with Crippen LogP contribution in [0.3, 0.4) is 0 Å². The first-order chi connectivity index (χ1) is 10.5. The molecule has 1 aromatic carbocycles. The lowest BCUT2D eigenvalue weighted by Gasteiger charge is -2.23. The number of carbonyl (C=O) groups is 1. The Hall–Kier alpha value is -2.80. The van der Waals surface area contributed by atoms with E-state index < -0.39 is 5.60 Å². The van der Waals surface area contributed by atoms with Gasteiger partial charge in [-0.25, -0.2) is 4.98 Å². The Morgan fingerprint density at radius 1 is 1.18 bits per heavy atom. The van der Waals surface area contributed by atoms with E-state index in [-0.39, 0.29) is 5.91 Å². The van der Waals surface area contributed by atoms with Crippen LogP contribution in [0.2, 0.25) is 0 Å². The maximum Gasteiger partial charge on any atom is 0.256 e. The van der Waals surface area contributed by atoms with Crippen molar-refractivity contribution in [2.45, 2.75) is 19.4 Å². The van der Waals surface area contributed by atoms with Crippen LogP contribution in [0.4, 0.5) is 0 Å². The summed E-state index contributed by atoms with van der Waals surface area (Å²) in [4.78, 5) is 16.4. The minimum atomic E-state index is -0.481. The van der Waals surface area contributed by atoms with Crippen molar-refractivity contribution in [3.8, 4) is 17.7 Å². The second kappa shape index (κ2) is 5.53. The van der Waals surface area contributed by atoms with Gasteiger partial charge in [0.15, 0.2) is 0 Å². The van der Waals surface area contributed by atoms with Crippen molar-refractivity contribution in [2.75, 3.05) is 6.54 Å². The third kappa shape index (κ3) is 3.09. The minimum absolute atomic E-state index is 0.184. The summed E-state index contributed by atoms with van der Waals surface area (Å²) in [5, 5.41) is 2.84. The lowest BCUT2D eigenvalue weighted by molar-refractivity contribution is 0.0899. The van der Waals surface area contributed by atoms with Crippen LogP contribution in [-0.4, -0.2) is 23.0 Å². The number of hydrogen-bond donors (Lipinski definition) is 1. The molecule has 4 heteroatoms. The zero-order chi connectivity index (χ0) is 15.6. The SMILES string of the molecule is CC1(C)CNC(=O)c2cc(C#Cc3ccccc3)cnc2O1. The van der Waals surface area contributed by atoms with Crippen LogP contribution in [0.25, 0.3) is 0 Å². The Balaban J connectivity index is 1.94. The Morgan fingerprint density at radius 2 is 1.91 bits per heavy atom. The largest absolute Gasteiger partial charge is 0.469 e. The van der Waals surface area contributed by atoms with Gasteiger partial charge in [0.05, 0.1) is 6.54 Å². The number of hydrogen-bond acceptors (Lipinski definition) is 3. The number of benzene rings is 1. The quantitative estimate of drug-likeness (QED) is 0.759. The zero-order valence-corrected chi connectivity index (χ0v) is 12.5. The standard InChI is InChI=1S/C18H16N2O2/c1-18(2)12-20-16(21)15-10-14(11-19-17(15)22-18)9-8-13-6-4-3-5-7-13/h3-7,10-11H,12H2,1-2H3,(H,20,21). The highest BCUT2D eigenvalue weighted by Gasteiger charge is 2.29. The monoisotopic (exact) mass is 292 g/mol. The highest BCUT2D eigenvalue weighted by Crippen LogP contribution is 2.24. The van der Waals surface area contributed by atoms with Gasteiger partial charge in [-0.1, -0.05) is 30.0 Å². The fourth-order valence-corrected chi connectivity index (χ4v) is 2.12. The third-order valence-electron chi connectivity index (χ3n) is 3.27. The first-order valence-electron chi connectivity index (χ1n) is 7.08. The van der Waals surface area contributed by atoms with Crippen LogP contribution >= 0.6 is 0 Å². The number of carbonyl (C=O) groups excluding carboxylic acids is 1. The number of aromatic nitrogens is 1. The smallest absolute Gasteiger partial charge is 0.256 e. The average Bonchev–Trinajstić information content (AvgIpc) is 2.63. The second-order valence-corrected chi connectivity index (χ2v) is 5.74. The molecule has 0 spiro atoms. The van der Waals surface area contributed by atoms with E-state index in [1.165, 1.54) is 0 Å². The van der Waals surface area contributed by atoms with Gasteiger partial charge in [0.25, 0.3) is 5.91 Å². The molecule has 2 aromatic rings. The van der Waals surface area contributed by atoms with E-state index in [4.69, 9.17) is 4.74 Å². The highest BCUT2D eigenvalue weighted by molar-refractivity contribution is 5.97. The molecule has 0 radical (unpaired) electrons. The van der Waals surface area contributed by atoms with Gasteiger partial charge >= 0.3 is 0 Å². The Kier molecular flexibility index (Phi) is 3.56. The summed E-state index contributed by atoms with van der Waals surface area (Å²) in [5.41, 5.74) is 1.54. The van der Waals surface area contributed by atoms with E-state index in [1.54, 1.807) is 12.3 Å². The summed E-state index contributed by atoms with van der Waals surface area (Å²) >= 11 is 0. The van der Waals surface area contributed by atoms with Gasteiger partial charge in [-0.05, 0) is 32.0 Å². The number of nitrogens with one attached hydrogen (secondary N) is 1. The normalized spacial score (nSPS) is 15.5. The Labute approximate surface area is 129 Å². The Morgan fingerprint density at radius 3 is 2.68 bits per heavy atom. The number of amides is 1. The van der Waals surface area contributed by atoms with Crippen molar-refractivity contribution in [2.24, 2.45) is 0 Å².